The second-order valence-corrected chi connectivity index (χ2v) is 33.2. The van der Waals surface area contributed by atoms with Crippen molar-refractivity contribution in [1.82, 2.24) is 0 Å². The van der Waals surface area contributed by atoms with Crippen LogP contribution < -0.4 is 37.9 Å². The Kier molecular flexibility index (Phi) is 32.9. The molecule has 0 amide bonds. The van der Waals surface area contributed by atoms with Crippen LogP contribution in [0.1, 0.15) is 165 Å². The summed E-state index contributed by atoms with van der Waals surface area (Å²) in [5.41, 5.74) is 0.753. The zero-order valence-electron chi connectivity index (χ0n) is 56.8. The van der Waals surface area contributed by atoms with E-state index in [2.05, 4.69) is 52.5 Å². The Morgan fingerprint density at radius 1 is 0.309 bits per heavy atom. The zero-order chi connectivity index (χ0) is 69.7. The molecule has 0 spiro atoms. The first-order valence-electron chi connectivity index (χ1n) is 33.5. The number of carbonyl (C=O) groups excluding carboxylic acids is 6. The third-order valence-electron chi connectivity index (χ3n) is 15.2. The Morgan fingerprint density at radius 3 is 0.845 bits per heavy atom. The second kappa shape index (κ2) is 41.6. The smallest absolute Gasteiger partial charge is 0.343 e. The molecule has 0 atom stereocenters. The molecule has 0 aliphatic heterocycles. The van der Waals surface area contributed by atoms with Crippen LogP contribution in [0.5, 0.6) is 46.0 Å². The summed E-state index contributed by atoms with van der Waals surface area (Å²) in [7, 11) is -4.49. The largest absolute Gasteiger partial charge is 0.494 e. The molecule has 0 radical (unpaired) electrons. The van der Waals surface area contributed by atoms with Gasteiger partial charge in [-0.05, 0) is 262 Å². The molecule has 97 heavy (non-hydrogen) atoms. The van der Waals surface area contributed by atoms with Gasteiger partial charge in [-0.15, -0.1) is 26.3 Å². The van der Waals surface area contributed by atoms with E-state index >= 15 is 0 Å². The number of ether oxygens (including phenoxy) is 10. The summed E-state index contributed by atoms with van der Waals surface area (Å²) in [5, 5.41) is 0. The summed E-state index contributed by atoms with van der Waals surface area (Å²) in [6.45, 7) is 25.9. The topological polar surface area (TPSA) is 204 Å². The molecule has 0 heterocycles. The minimum absolute atomic E-state index is 0.0366. The molecule has 0 aliphatic rings. The second-order valence-electron chi connectivity index (χ2n) is 24.3. The van der Waals surface area contributed by atoms with Crippen molar-refractivity contribution in [2.75, 3.05) is 39.6 Å². The van der Waals surface area contributed by atoms with Crippen LogP contribution in [0, 0.1) is 0 Å². The number of esters is 6. The molecule has 0 fully saturated rings. The lowest BCUT2D eigenvalue weighted by molar-refractivity contribution is 0.0481. The molecule has 516 valence electrons. The van der Waals surface area contributed by atoms with E-state index in [1.807, 2.05) is 24.3 Å². The van der Waals surface area contributed by atoms with Gasteiger partial charge in [0, 0.05) is 0 Å². The van der Waals surface area contributed by atoms with E-state index < -0.39 is 52.5 Å². The van der Waals surface area contributed by atoms with Crippen molar-refractivity contribution in [3.8, 4) is 46.0 Å². The molecule has 0 N–H and O–H groups in total. The summed E-state index contributed by atoms with van der Waals surface area (Å²) in [4.78, 5) is 81.5. The average molecular weight is 1360 g/mol. The van der Waals surface area contributed by atoms with Gasteiger partial charge in [0.2, 0.25) is 0 Å². The predicted octanol–water partition coefficient (Wildman–Crippen LogP) is 18.5. The molecule has 0 saturated heterocycles. The predicted molar refractivity (Wildman–Crippen MR) is 381 cm³/mol. The highest BCUT2D eigenvalue weighted by atomic mass is 28.4. The van der Waals surface area contributed by atoms with Crippen molar-refractivity contribution in [3.63, 3.8) is 0 Å². The maximum absolute atomic E-state index is 13.9. The van der Waals surface area contributed by atoms with Gasteiger partial charge < -0.3 is 51.5 Å². The first-order chi connectivity index (χ1) is 46.9. The molecule has 6 aromatic rings. The summed E-state index contributed by atoms with van der Waals surface area (Å²) < 4.78 is 64.8. The van der Waals surface area contributed by atoms with Gasteiger partial charge in [0.25, 0.3) is 0 Å². The lowest BCUT2D eigenvalue weighted by Crippen LogP contribution is -2.44. The molecule has 0 aromatic heterocycles. The number of hydrogen-bond acceptors (Lipinski definition) is 17. The van der Waals surface area contributed by atoms with E-state index in [0.717, 1.165) is 89.1 Å². The molecular weight excluding hydrogens is 1270 g/mol. The van der Waals surface area contributed by atoms with Crippen LogP contribution in [-0.4, -0.2) is 92.1 Å². The van der Waals surface area contributed by atoms with Gasteiger partial charge in [-0.3, -0.25) is 0 Å². The van der Waals surface area contributed by atoms with Gasteiger partial charge in [0.15, 0.2) is 16.6 Å². The van der Waals surface area contributed by atoms with E-state index in [9.17, 15) is 28.8 Å². The summed E-state index contributed by atoms with van der Waals surface area (Å²) in [6, 6.07) is 36.0. The number of hydrogen-bond donors (Lipinski definition) is 0. The van der Waals surface area contributed by atoms with Crippen LogP contribution in [-0.2, 0) is 13.6 Å². The van der Waals surface area contributed by atoms with Crippen LogP contribution in [0.3, 0.4) is 0 Å². The number of carbonyl (C=O) groups is 6. The first-order valence-corrected chi connectivity index (χ1v) is 39.7. The normalized spacial score (nSPS) is 11.1. The van der Waals surface area contributed by atoms with E-state index in [4.69, 9.17) is 51.5 Å². The summed E-state index contributed by atoms with van der Waals surface area (Å²) >= 11 is 0. The Bertz CT molecular complexity index is 3280. The summed E-state index contributed by atoms with van der Waals surface area (Å²) in [6.07, 6.45) is 20.8. The molecule has 6 rings (SSSR count). The van der Waals surface area contributed by atoms with Crippen molar-refractivity contribution in [2.24, 2.45) is 0 Å². The zero-order valence-corrected chi connectivity index (χ0v) is 58.8. The van der Waals surface area contributed by atoms with E-state index in [1.165, 1.54) is 36.4 Å². The number of unbranched alkanes of at least 4 members (excludes halogenated alkanes) is 10. The van der Waals surface area contributed by atoms with Gasteiger partial charge in [0.05, 0.1) is 61.9 Å². The van der Waals surface area contributed by atoms with Gasteiger partial charge in [-0.25, -0.2) is 28.8 Å². The minimum Gasteiger partial charge on any atom is -0.494 e. The third-order valence-corrected chi connectivity index (χ3v) is 22.7. The van der Waals surface area contributed by atoms with Crippen molar-refractivity contribution in [3.05, 3.63) is 217 Å². The van der Waals surface area contributed by atoms with Crippen LogP contribution in [0.15, 0.2) is 184 Å². The number of allylic oxidation sites excluding steroid dienone is 4. The fourth-order valence-electron chi connectivity index (χ4n) is 10.0. The number of rotatable bonds is 46. The third kappa shape index (κ3) is 28.1. The maximum Gasteiger partial charge on any atom is 0.343 e. The lowest BCUT2D eigenvalue weighted by atomic mass is 10.1. The molecule has 0 unspecified atom stereocenters. The minimum atomic E-state index is -2.24. The monoisotopic (exact) mass is 1360 g/mol. The van der Waals surface area contributed by atoms with Crippen molar-refractivity contribution < 1.29 is 80.3 Å². The summed E-state index contributed by atoms with van der Waals surface area (Å²) in [5.74, 6) is -2.00. The fraction of sp³-hybridized carbons (Fsp3) is 0.359. The quantitative estimate of drug-likeness (QED) is 0.0115. The molecule has 17 nitrogen and oxygen atoms in total. The lowest BCUT2D eigenvalue weighted by Gasteiger charge is -2.34. The first kappa shape index (κ1) is 76.7. The maximum atomic E-state index is 13.9. The van der Waals surface area contributed by atoms with Crippen LogP contribution >= 0.6 is 0 Å². The highest BCUT2D eigenvalue weighted by Crippen LogP contribution is 2.31. The fourth-order valence-corrected chi connectivity index (χ4v) is 19.0. The average Bonchev–Trinajstić information content (AvgIpc) is 1.16. The van der Waals surface area contributed by atoms with Crippen molar-refractivity contribution in [2.45, 2.75) is 141 Å². The van der Waals surface area contributed by atoms with Gasteiger partial charge in [-0.1, -0.05) is 37.1 Å². The molecule has 0 saturated carbocycles. The van der Waals surface area contributed by atoms with Crippen LogP contribution in [0.2, 0.25) is 38.3 Å². The van der Waals surface area contributed by atoms with Crippen LogP contribution in [0.4, 0.5) is 0 Å². The van der Waals surface area contributed by atoms with E-state index in [1.54, 1.807) is 97.1 Å². The van der Waals surface area contributed by atoms with E-state index in [-0.39, 0.29) is 69.6 Å². The number of benzene rings is 6. The van der Waals surface area contributed by atoms with Crippen LogP contribution in [0.25, 0.3) is 0 Å². The highest BCUT2D eigenvalue weighted by Gasteiger charge is 2.33. The molecule has 6 aromatic carbocycles. The van der Waals surface area contributed by atoms with Crippen molar-refractivity contribution >= 4 is 52.5 Å². The highest BCUT2D eigenvalue weighted by molar-refractivity contribution is 6.84. The van der Waals surface area contributed by atoms with Gasteiger partial charge in [-0.2, -0.15) is 0 Å². The Morgan fingerprint density at radius 2 is 0.567 bits per heavy atom. The Labute approximate surface area is 574 Å². The van der Waals surface area contributed by atoms with E-state index in [0.29, 0.717) is 75.1 Å². The molecular formula is C78H94O17Si2. The molecule has 19 heteroatoms. The molecule has 0 bridgehead atoms. The SMILES string of the molecule is C=CCCCCOc1ccc(C(=O)Oc2ccc(OC(=O)c3ccc(OCCCCC=C)cc3)c(C(=O)OCCCC[Si](C)(C)O[Si](C)(C)CCCCOC(=O)c3cc(OC(=O)c4ccc(OCCCCC=C)cc4)ccc3OC(=O)c3ccc(OCCCCC=C)cc3)c2)cc1. The molecule has 0 aliphatic carbocycles. The van der Waals surface area contributed by atoms with Gasteiger partial charge >= 0.3 is 35.8 Å². The standard InChI is InChI=1S/C78H94O17Si2/c1-9-13-17-21-49-85-63-37-29-59(30-38-63)73(79)91-67-45-47-71(93-75(81)61-33-41-65(42-34-61)87-51-23-19-15-11-3)69(57-67)77(83)89-53-25-27-55-96(5,6)95-97(7,8)56-28-26-54-90-78(84)70-58-68(92-74(80)60-31-39-64(40-32-60)86-50-22-18-14-10-2)46-48-72(70)94-76(82)62-35-43-66(44-36-62)88-52-24-20-16-12-4/h9-12,29-48,57-58H,1-4,13-28,49-56H2,5-8H3. The van der Waals surface area contributed by atoms with Gasteiger partial charge in [0.1, 0.15) is 57.1 Å². The Balaban J connectivity index is 1.01. The van der Waals surface area contributed by atoms with Crippen molar-refractivity contribution in [1.29, 1.82) is 0 Å². The Hall–Kier alpha value is -9.31.